The number of nitrogens with one attached hydrogen (secondary N) is 1. The van der Waals surface area contributed by atoms with Gasteiger partial charge in [0, 0.05) is 25.8 Å². The first kappa shape index (κ1) is 13.3. The summed E-state index contributed by atoms with van der Waals surface area (Å²) in [5.41, 5.74) is 2.57. The van der Waals surface area contributed by atoms with Crippen LogP contribution in [0.3, 0.4) is 0 Å². The number of nitrogens with zero attached hydrogens (tertiary/aromatic N) is 4. The molecule has 1 aliphatic rings. The van der Waals surface area contributed by atoms with Crippen molar-refractivity contribution >= 4 is 29.1 Å². The van der Waals surface area contributed by atoms with Crippen molar-refractivity contribution in [3.63, 3.8) is 0 Å². The molecule has 1 heterocycles. The highest BCUT2D eigenvalue weighted by Gasteiger charge is 2.22. The van der Waals surface area contributed by atoms with Gasteiger partial charge in [0.05, 0.1) is 11.9 Å². The summed E-state index contributed by atoms with van der Waals surface area (Å²) in [4.78, 5) is 6.49. The van der Waals surface area contributed by atoms with E-state index in [0.29, 0.717) is 11.5 Å². The van der Waals surface area contributed by atoms with Gasteiger partial charge in [0.2, 0.25) is 0 Å². The number of benzene rings is 1. The van der Waals surface area contributed by atoms with Gasteiger partial charge in [0.1, 0.15) is 5.71 Å². The number of hydrazone groups is 1. The van der Waals surface area contributed by atoms with Crippen LogP contribution in [0.1, 0.15) is 13.8 Å². The van der Waals surface area contributed by atoms with E-state index >= 15 is 0 Å². The number of aliphatic imine (C=N–C) groups is 1. The van der Waals surface area contributed by atoms with Crippen molar-refractivity contribution in [1.82, 2.24) is 5.01 Å². The average Bonchev–Trinajstić information content (AvgIpc) is 2.72. The SMILES string of the molecule is CC(C)N1N=CC(=Nc2ccc(N(C)C)cc2)C1=N. The van der Waals surface area contributed by atoms with E-state index in [1.807, 2.05) is 57.1 Å². The lowest BCUT2D eigenvalue weighted by Crippen LogP contribution is -2.31. The van der Waals surface area contributed by atoms with Crippen molar-refractivity contribution < 1.29 is 0 Å². The Morgan fingerprint density at radius 1 is 1.21 bits per heavy atom. The second-order valence-corrected chi connectivity index (χ2v) is 4.94. The molecule has 0 spiro atoms. The average molecular weight is 257 g/mol. The monoisotopic (exact) mass is 257 g/mol. The molecule has 0 saturated heterocycles. The predicted molar refractivity (Wildman–Crippen MR) is 81.1 cm³/mol. The Morgan fingerprint density at radius 3 is 2.32 bits per heavy atom. The lowest BCUT2D eigenvalue weighted by Gasteiger charge is -2.17. The van der Waals surface area contributed by atoms with Crippen LogP contribution < -0.4 is 4.90 Å². The molecule has 0 aliphatic carbocycles. The molecule has 2 rings (SSSR count). The standard InChI is InChI=1S/C14H19N5/c1-10(2)19-14(15)13(9-16-19)17-11-5-7-12(8-6-11)18(3)4/h5-10,15H,1-4H3. The highest BCUT2D eigenvalue weighted by molar-refractivity contribution is 6.63. The summed E-state index contributed by atoms with van der Waals surface area (Å²) in [5, 5.41) is 13.9. The van der Waals surface area contributed by atoms with Gasteiger partial charge in [-0.05, 0) is 38.1 Å². The van der Waals surface area contributed by atoms with E-state index in [2.05, 4.69) is 10.1 Å². The molecule has 1 aromatic carbocycles. The second-order valence-electron chi connectivity index (χ2n) is 4.94. The Hall–Kier alpha value is -2.17. The Morgan fingerprint density at radius 2 is 1.84 bits per heavy atom. The van der Waals surface area contributed by atoms with Crippen LogP contribution in [0.4, 0.5) is 11.4 Å². The highest BCUT2D eigenvalue weighted by atomic mass is 15.5. The number of anilines is 1. The third-order valence-corrected chi connectivity index (χ3v) is 2.88. The molecule has 0 amide bonds. The minimum Gasteiger partial charge on any atom is -0.378 e. The van der Waals surface area contributed by atoms with Gasteiger partial charge >= 0.3 is 0 Å². The maximum absolute atomic E-state index is 8.02. The smallest absolute Gasteiger partial charge is 0.169 e. The van der Waals surface area contributed by atoms with Crippen LogP contribution in [0.2, 0.25) is 0 Å². The fraction of sp³-hybridized carbons (Fsp3) is 0.357. The van der Waals surface area contributed by atoms with E-state index in [1.165, 1.54) is 0 Å². The van der Waals surface area contributed by atoms with Gasteiger partial charge in [0.25, 0.3) is 0 Å². The van der Waals surface area contributed by atoms with Crippen LogP contribution in [0.5, 0.6) is 0 Å². The molecule has 0 atom stereocenters. The fourth-order valence-corrected chi connectivity index (χ4v) is 1.79. The van der Waals surface area contributed by atoms with Gasteiger partial charge < -0.3 is 4.90 Å². The molecule has 19 heavy (non-hydrogen) atoms. The summed E-state index contributed by atoms with van der Waals surface area (Å²) < 4.78 is 0. The Bertz CT molecular complexity index is 525. The van der Waals surface area contributed by atoms with Crippen LogP contribution in [-0.4, -0.2) is 42.9 Å². The molecule has 5 heteroatoms. The first-order valence-corrected chi connectivity index (χ1v) is 6.27. The van der Waals surface area contributed by atoms with Crippen molar-refractivity contribution in [2.24, 2.45) is 10.1 Å². The maximum Gasteiger partial charge on any atom is 0.169 e. The molecule has 100 valence electrons. The van der Waals surface area contributed by atoms with Crippen LogP contribution in [0.15, 0.2) is 34.4 Å². The van der Waals surface area contributed by atoms with Gasteiger partial charge in [-0.2, -0.15) is 5.10 Å². The van der Waals surface area contributed by atoms with E-state index in [9.17, 15) is 0 Å². The Balaban J connectivity index is 2.19. The molecule has 0 fully saturated rings. The van der Waals surface area contributed by atoms with E-state index in [1.54, 1.807) is 11.2 Å². The van der Waals surface area contributed by atoms with Crippen LogP contribution in [0.25, 0.3) is 0 Å². The molecule has 5 nitrogen and oxygen atoms in total. The van der Waals surface area contributed by atoms with Gasteiger partial charge in [0.15, 0.2) is 5.84 Å². The summed E-state index contributed by atoms with van der Waals surface area (Å²) in [6.45, 7) is 4.00. The summed E-state index contributed by atoms with van der Waals surface area (Å²) in [6.07, 6.45) is 1.64. The fourth-order valence-electron chi connectivity index (χ4n) is 1.79. The molecule has 0 bridgehead atoms. The number of rotatable bonds is 3. The zero-order valence-corrected chi connectivity index (χ0v) is 11.8. The van der Waals surface area contributed by atoms with Crippen LogP contribution in [-0.2, 0) is 0 Å². The molecule has 0 radical (unpaired) electrons. The summed E-state index contributed by atoms with van der Waals surface area (Å²) in [6, 6.07) is 8.08. The van der Waals surface area contributed by atoms with Crippen molar-refractivity contribution in [2.75, 3.05) is 19.0 Å². The van der Waals surface area contributed by atoms with Crippen LogP contribution >= 0.6 is 0 Å². The first-order chi connectivity index (χ1) is 8.99. The lowest BCUT2D eigenvalue weighted by atomic mass is 10.2. The second kappa shape index (κ2) is 5.22. The Kier molecular flexibility index (Phi) is 3.64. The zero-order chi connectivity index (χ0) is 14.0. The van der Waals surface area contributed by atoms with Crippen molar-refractivity contribution in [2.45, 2.75) is 19.9 Å². The molecular weight excluding hydrogens is 238 g/mol. The lowest BCUT2D eigenvalue weighted by molar-refractivity contribution is 0.378. The van der Waals surface area contributed by atoms with Crippen molar-refractivity contribution in [3.8, 4) is 0 Å². The van der Waals surface area contributed by atoms with E-state index in [4.69, 9.17) is 5.41 Å². The normalized spacial score (nSPS) is 16.8. The third kappa shape index (κ3) is 2.81. The molecule has 1 aliphatic heterocycles. The summed E-state index contributed by atoms with van der Waals surface area (Å²) in [7, 11) is 4.00. The largest absolute Gasteiger partial charge is 0.378 e. The summed E-state index contributed by atoms with van der Waals surface area (Å²) in [5.74, 6) is 0.353. The predicted octanol–water partition coefficient (Wildman–Crippen LogP) is 2.51. The third-order valence-electron chi connectivity index (χ3n) is 2.88. The molecule has 0 unspecified atom stereocenters. The quantitative estimate of drug-likeness (QED) is 0.904. The number of amidine groups is 1. The van der Waals surface area contributed by atoms with Crippen molar-refractivity contribution in [1.29, 1.82) is 5.41 Å². The van der Waals surface area contributed by atoms with E-state index in [-0.39, 0.29) is 6.04 Å². The van der Waals surface area contributed by atoms with Crippen molar-refractivity contribution in [3.05, 3.63) is 24.3 Å². The summed E-state index contributed by atoms with van der Waals surface area (Å²) >= 11 is 0. The molecule has 1 aromatic rings. The van der Waals surface area contributed by atoms with Crippen LogP contribution in [0, 0.1) is 5.41 Å². The van der Waals surface area contributed by atoms with Gasteiger partial charge in [-0.15, -0.1) is 0 Å². The minimum absolute atomic E-state index is 0.174. The molecule has 0 aromatic heterocycles. The van der Waals surface area contributed by atoms with Gasteiger partial charge in [-0.3, -0.25) is 5.41 Å². The maximum atomic E-state index is 8.02. The van der Waals surface area contributed by atoms with E-state index < -0.39 is 0 Å². The molecule has 0 saturated carbocycles. The highest BCUT2D eigenvalue weighted by Crippen LogP contribution is 2.19. The molecular formula is C14H19N5. The zero-order valence-electron chi connectivity index (χ0n) is 11.8. The number of hydrogen-bond acceptors (Lipinski definition) is 4. The first-order valence-electron chi connectivity index (χ1n) is 6.27. The van der Waals surface area contributed by atoms with Gasteiger partial charge in [-0.1, -0.05) is 0 Å². The van der Waals surface area contributed by atoms with Gasteiger partial charge in [-0.25, -0.2) is 10.0 Å². The number of hydrogen-bond donors (Lipinski definition) is 1. The minimum atomic E-state index is 0.174. The topological polar surface area (TPSA) is 55.1 Å². The Labute approximate surface area is 113 Å². The van der Waals surface area contributed by atoms with E-state index in [0.717, 1.165) is 11.4 Å². The molecule has 1 N–H and O–H groups in total.